The van der Waals surface area contributed by atoms with Crippen LogP contribution in [0.1, 0.15) is 30.5 Å². The summed E-state index contributed by atoms with van der Waals surface area (Å²) in [7, 11) is 0. The molecule has 2 heterocycles. The number of hydrogen-bond donors (Lipinski definition) is 0. The third-order valence-corrected chi connectivity index (χ3v) is 4.42. The zero-order valence-corrected chi connectivity index (χ0v) is 14.0. The molecule has 0 saturated heterocycles. The monoisotopic (exact) mass is 312 g/mol. The van der Waals surface area contributed by atoms with E-state index in [0.717, 1.165) is 29.0 Å². The molecule has 4 rings (SSSR count). The van der Waals surface area contributed by atoms with Crippen molar-refractivity contribution in [2.75, 3.05) is 0 Å². The Hall–Kier alpha value is -2.74. The van der Waals surface area contributed by atoms with Gasteiger partial charge in [0.2, 0.25) is 0 Å². The Morgan fingerprint density at radius 1 is 0.792 bits per heavy atom. The molecular weight excluding hydrogens is 292 g/mol. The maximum absolute atomic E-state index is 5.00. The summed E-state index contributed by atoms with van der Waals surface area (Å²) in [4.78, 5) is 9.67. The van der Waals surface area contributed by atoms with Crippen LogP contribution < -0.4 is 0 Å². The zero-order valence-electron chi connectivity index (χ0n) is 14.0. The van der Waals surface area contributed by atoms with E-state index in [1.807, 2.05) is 24.4 Å². The molecule has 1 aromatic heterocycles. The third-order valence-electron chi connectivity index (χ3n) is 4.42. The molecule has 1 aliphatic rings. The number of aromatic nitrogens is 1. The van der Waals surface area contributed by atoms with Crippen LogP contribution in [0, 0.1) is 0 Å². The summed E-state index contributed by atoms with van der Waals surface area (Å²) in [5.41, 5.74) is 6.76. The predicted molar refractivity (Wildman–Crippen MR) is 99.5 cm³/mol. The fraction of sp³-hybridized carbons (Fsp3) is 0.182. The Labute approximate surface area is 142 Å². The molecule has 0 aliphatic carbocycles. The second-order valence-electron chi connectivity index (χ2n) is 6.90. The van der Waals surface area contributed by atoms with Gasteiger partial charge in [-0.2, -0.15) is 0 Å². The molecule has 0 amide bonds. The highest BCUT2D eigenvalue weighted by molar-refractivity contribution is 6.14. The highest BCUT2D eigenvalue weighted by Gasteiger charge is 2.27. The fourth-order valence-electron chi connectivity index (χ4n) is 3.31. The lowest BCUT2D eigenvalue weighted by Crippen LogP contribution is -2.29. The molecule has 0 atom stereocenters. The van der Waals surface area contributed by atoms with Crippen LogP contribution in [-0.2, 0) is 6.42 Å². The molecule has 0 unspecified atom stereocenters. The van der Waals surface area contributed by atoms with E-state index in [-0.39, 0.29) is 5.54 Å². The quantitative estimate of drug-likeness (QED) is 0.659. The minimum Gasteiger partial charge on any atom is -0.278 e. The summed E-state index contributed by atoms with van der Waals surface area (Å²) in [6.07, 6.45) is 2.92. The number of rotatable bonds is 2. The first-order valence-corrected chi connectivity index (χ1v) is 8.32. The first-order chi connectivity index (χ1) is 11.6. The Balaban J connectivity index is 1.77. The van der Waals surface area contributed by atoms with Crippen molar-refractivity contribution >= 4 is 5.71 Å². The zero-order chi connectivity index (χ0) is 16.6. The molecule has 2 heteroatoms. The third kappa shape index (κ3) is 2.76. The molecule has 0 bridgehead atoms. The molecule has 0 fully saturated rings. The van der Waals surface area contributed by atoms with Gasteiger partial charge in [-0.15, -0.1) is 0 Å². The predicted octanol–water partition coefficient (Wildman–Crippen LogP) is 4.92. The molecule has 1 aliphatic heterocycles. The molecule has 24 heavy (non-hydrogen) atoms. The van der Waals surface area contributed by atoms with Crippen molar-refractivity contribution in [1.82, 2.24) is 4.98 Å². The highest BCUT2D eigenvalue weighted by Crippen LogP contribution is 2.29. The van der Waals surface area contributed by atoms with Gasteiger partial charge in [-0.1, -0.05) is 54.6 Å². The average Bonchev–Trinajstić information content (AvgIpc) is 2.61. The second-order valence-corrected chi connectivity index (χ2v) is 6.90. The maximum Gasteiger partial charge on any atom is 0.0743 e. The Kier molecular flexibility index (Phi) is 3.53. The van der Waals surface area contributed by atoms with Gasteiger partial charge in [-0.05, 0) is 38.0 Å². The second kappa shape index (κ2) is 5.72. The number of fused-ring (bicyclic) bond motifs is 1. The van der Waals surface area contributed by atoms with Gasteiger partial charge in [0.05, 0.1) is 16.9 Å². The van der Waals surface area contributed by atoms with E-state index >= 15 is 0 Å². The van der Waals surface area contributed by atoms with Crippen molar-refractivity contribution in [2.24, 2.45) is 4.99 Å². The molecule has 0 saturated carbocycles. The van der Waals surface area contributed by atoms with Gasteiger partial charge >= 0.3 is 0 Å². The topological polar surface area (TPSA) is 25.2 Å². The van der Waals surface area contributed by atoms with Crippen molar-refractivity contribution in [2.45, 2.75) is 25.8 Å². The SMILES string of the molecule is CC1(C)Cc2ccccc2C(c2ccc(-c3ccccc3)nc2)=N1. The lowest BCUT2D eigenvalue weighted by atomic mass is 9.85. The summed E-state index contributed by atoms with van der Waals surface area (Å²) in [6, 6.07) is 23.0. The van der Waals surface area contributed by atoms with Gasteiger partial charge in [-0.3, -0.25) is 9.98 Å². The van der Waals surface area contributed by atoms with Gasteiger partial charge in [0, 0.05) is 22.9 Å². The van der Waals surface area contributed by atoms with Crippen LogP contribution in [0.3, 0.4) is 0 Å². The van der Waals surface area contributed by atoms with Gasteiger partial charge in [0.15, 0.2) is 0 Å². The van der Waals surface area contributed by atoms with E-state index in [1.165, 1.54) is 11.1 Å². The molecule has 0 spiro atoms. The lowest BCUT2D eigenvalue weighted by Gasteiger charge is -2.29. The number of aliphatic imine (C=N–C) groups is 1. The van der Waals surface area contributed by atoms with Crippen molar-refractivity contribution in [1.29, 1.82) is 0 Å². The van der Waals surface area contributed by atoms with Crippen LogP contribution in [0.2, 0.25) is 0 Å². The van der Waals surface area contributed by atoms with Crippen LogP contribution in [0.4, 0.5) is 0 Å². The fourth-order valence-corrected chi connectivity index (χ4v) is 3.31. The largest absolute Gasteiger partial charge is 0.278 e. The molecule has 0 N–H and O–H groups in total. The standard InChI is InChI=1S/C22H20N2/c1-22(2)14-17-10-6-7-11-19(17)21(24-22)18-12-13-20(23-15-18)16-8-4-3-5-9-16/h3-13,15H,14H2,1-2H3. The summed E-state index contributed by atoms with van der Waals surface area (Å²) < 4.78 is 0. The Morgan fingerprint density at radius 2 is 1.54 bits per heavy atom. The summed E-state index contributed by atoms with van der Waals surface area (Å²) >= 11 is 0. The molecule has 2 aromatic carbocycles. The Bertz CT molecular complexity index is 891. The average molecular weight is 312 g/mol. The van der Waals surface area contributed by atoms with Gasteiger partial charge in [0.1, 0.15) is 0 Å². The minimum absolute atomic E-state index is 0.0816. The van der Waals surface area contributed by atoms with Crippen LogP contribution >= 0.6 is 0 Å². The van der Waals surface area contributed by atoms with Crippen LogP contribution in [-0.4, -0.2) is 16.2 Å². The number of nitrogens with zero attached hydrogens (tertiary/aromatic N) is 2. The first-order valence-electron chi connectivity index (χ1n) is 8.32. The van der Waals surface area contributed by atoms with E-state index < -0.39 is 0 Å². The number of hydrogen-bond acceptors (Lipinski definition) is 2. The van der Waals surface area contributed by atoms with E-state index in [0.29, 0.717) is 0 Å². The normalized spacial score (nSPS) is 15.5. The lowest BCUT2D eigenvalue weighted by molar-refractivity contribution is 0.513. The summed E-state index contributed by atoms with van der Waals surface area (Å²) in [5.74, 6) is 0. The minimum atomic E-state index is -0.0816. The molecular formula is C22H20N2. The van der Waals surface area contributed by atoms with Crippen molar-refractivity contribution < 1.29 is 0 Å². The summed E-state index contributed by atoms with van der Waals surface area (Å²) in [5, 5.41) is 0. The molecule has 118 valence electrons. The van der Waals surface area contributed by atoms with E-state index in [9.17, 15) is 0 Å². The molecule has 2 nitrogen and oxygen atoms in total. The molecule has 3 aromatic rings. The van der Waals surface area contributed by atoms with Gasteiger partial charge in [-0.25, -0.2) is 0 Å². The van der Waals surface area contributed by atoms with Gasteiger partial charge in [0.25, 0.3) is 0 Å². The van der Waals surface area contributed by atoms with Crippen LogP contribution in [0.15, 0.2) is 77.9 Å². The summed E-state index contributed by atoms with van der Waals surface area (Å²) in [6.45, 7) is 4.38. The highest BCUT2D eigenvalue weighted by atomic mass is 14.9. The van der Waals surface area contributed by atoms with Crippen molar-refractivity contribution in [3.05, 3.63) is 89.6 Å². The first kappa shape index (κ1) is 14.8. The number of pyridine rings is 1. The smallest absolute Gasteiger partial charge is 0.0743 e. The maximum atomic E-state index is 5.00. The Morgan fingerprint density at radius 3 is 2.29 bits per heavy atom. The number of benzene rings is 2. The van der Waals surface area contributed by atoms with Crippen molar-refractivity contribution in [3.63, 3.8) is 0 Å². The van der Waals surface area contributed by atoms with E-state index in [2.05, 4.69) is 67.4 Å². The van der Waals surface area contributed by atoms with Crippen LogP contribution in [0.25, 0.3) is 11.3 Å². The van der Waals surface area contributed by atoms with Gasteiger partial charge < -0.3 is 0 Å². The van der Waals surface area contributed by atoms with E-state index in [4.69, 9.17) is 4.99 Å². The van der Waals surface area contributed by atoms with Crippen molar-refractivity contribution in [3.8, 4) is 11.3 Å². The van der Waals surface area contributed by atoms with E-state index in [1.54, 1.807) is 0 Å². The molecule has 0 radical (unpaired) electrons. The van der Waals surface area contributed by atoms with Crippen LogP contribution in [0.5, 0.6) is 0 Å².